The molecule has 3 aromatic rings. The van der Waals surface area contributed by atoms with E-state index in [9.17, 15) is 9.18 Å². The molecule has 0 N–H and O–H groups in total. The van der Waals surface area contributed by atoms with Gasteiger partial charge >= 0.3 is 6.01 Å². The Morgan fingerprint density at radius 1 is 1.14 bits per heavy atom. The second-order valence-corrected chi connectivity index (χ2v) is 6.89. The summed E-state index contributed by atoms with van der Waals surface area (Å²) < 4.78 is 25.4. The molecule has 0 aliphatic carbocycles. The van der Waals surface area contributed by atoms with E-state index in [0.717, 1.165) is 11.1 Å². The maximum Gasteiger partial charge on any atom is 0.316 e. The minimum Gasteiger partial charge on any atom is -0.460 e. The smallest absolute Gasteiger partial charge is 0.316 e. The highest BCUT2D eigenvalue weighted by atomic mass is 19.1. The Labute approximate surface area is 160 Å². The molecule has 2 aromatic heterocycles. The summed E-state index contributed by atoms with van der Waals surface area (Å²) in [7, 11) is 0. The van der Waals surface area contributed by atoms with Gasteiger partial charge in [0.2, 0.25) is 0 Å². The van der Waals surface area contributed by atoms with Crippen LogP contribution in [0.15, 0.2) is 53.6 Å². The molecule has 1 aliphatic rings. The van der Waals surface area contributed by atoms with Crippen LogP contribution in [0.25, 0.3) is 11.3 Å². The van der Waals surface area contributed by atoms with E-state index in [4.69, 9.17) is 9.47 Å². The van der Waals surface area contributed by atoms with Crippen LogP contribution in [-0.4, -0.2) is 45.2 Å². The Bertz CT molecular complexity index is 1010. The number of aromatic nitrogens is 4. The van der Waals surface area contributed by atoms with E-state index in [1.54, 1.807) is 6.07 Å². The third kappa shape index (κ3) is 4.07. The van der Waals surface area contributed by atoms with Gasteiger partial charge in [-0.25, -0.2) is 19.0 Å². The van der Waals surface area contributed by atoms with E-state index < -0.39 is 5.67 Å². The molecule has 0 radical (unpaired) electrons. The molecule has 0 unspecified atom stereocenters. The topological polar surface area (TPSA) is 79.1 Å². The average Bonchev–Trinajstić information content (AvgIpc) is 2.69. The first-order valence-electron chi connectivity index (χ1n) is 8.86. The van der Waals surface area contributed by atoms with Gasteiger partial charge in [-0.2, -0.15) is 5.10 Å². The highest BCUT2D eigenvalue weighted by Gasteiger charge is 2.40. The van der Waals surface area contributed by atoms with E-state index in [0.29, 0.717) is 17.8 Å². The maximum absolute atomic E-state index is 13.9. The molecule has 7 nitrogen and oxygen atoms in total. The molecule has 0 atom stereocenters. The zero-order valence-electron chi connectivity index (χ0n) is 15.3. The van der Waals surface area contributed by atoms with Gasteiger partial charge in [0.05, 0.1) is 25.5 Å². The van der Waals surface area contributed by atoms with Crippen molar-refractivity contribution in [2.75, 3.05) is 19.8 Å². The summed E-state index contributed by atoms with van der Waals surface area (Å²) in [6.07, 6.45) is 3.07. The van der Waals surface area contributed by atoms with Crippen LogP contribution in [0.2, 0.25) is 0 Å². The van der Waals surface area contributed by atoms with E-state index in [1.165, 1.54) is 23.1 Å². The molecule has 8 heteroatoms. The molecular weight excluding hydrogens is 363 g/mol. The monoisotopic (exact) mass is 382 g/mol. The van der Waals surface area contributed by atoms with Gasteiger partial charge in [0.1, 0.15) is 6.61 Å². The number of halogens is 1. The van der Waals surface area contributed by atoms with Crippen molar-refractivity contribution in [1.29, 1.82) is 0 Å². The Kier molecular flexibility index (Phi) is 4.87. The molecule has 28 heavy (non-hydrogen) atoms. The molecule has 0 saturated carbocycles. The first-order valence-corrected chi connectivity index (χ1v) is 8.86. The maximum atomic E-state index is 13.9. The fourth-order valence-corrected chi connectivity index (χ4v) is 2.71. The lowest BCUT2D eigenvalue weighted by molar-refractivity contribution is -0.147. The van der Waals surface area contributed by atoms with E-state index in [1.807, 2.05) is 31.2 Å². The number of hydrogen-bond acceptors (Lipinski definition) is 6. The van der Waals surface area contributed by atoms with Crippen LogP contribution in [0.5, 0.6) is 6.01 Å². The summed E-state index contributed by atoms with van der Waals surface area (Å²) in [6, 6.07) is 11.1. The molecule has 1 fully saturated rings. The summed E-state index contributed by atoms with van der Waals surface area (Å²) >= 11 is 0. The molecule has 144 valence electrons. The predicted octanol–water partition coefficient (Wildman–Crippen LogP) is 2.17. The average molecular weight is 382 g/mol. The van der Waals surface area contributed by atoms with Crippen LogP contribution >= 0.6 is 0 Å². The van der Waals surface area contributed by atoms with E-state index >= 15 is 0 Å². The third-order valence-electron chi connectivity index (χ3n) is 4.42. The van der Waals surface area contributed by atoms with Crippen molar-refractivity contribution in [2.45, 2.75) is 19.1 Å². The molecule has 0 amide bonds. The van der Waals surface area contributed by atoms with Crippen LogP contribution < -0.4 is 10.3 Å². The highest BCUT2D eigenvalue weighted by molar-refractivity contribution is 5.55. The van der Waals surface area contributed by atoms with E-state index in [2.05, 4.69) is 15.1 Å². The third-order valence-corrected chi connectivity index (χ3v) is 4.42. The van der Waals surface area contributed by atoms with Gasteiger partial charge in [-0.3, -0.25) is 4.79 Å². The standard InChI is InChI=1S/C20H19FN4O3/c1-14-2-4-15(5-3-14)10-25-18(26)7-6-17(24-25)16-8-22-19(23-9-16)28-13-20(21)11-27-12-20/h2-9H,10-13H2,1H3. The van der Waals surface area contributed by atoms with Gasteiger partial charge < -0.3 is 9.47 Å². The predicted molar refractivity (Wildman–Crippen MR) is 100.0 cm³/mol. The van der Waals surface area contributed by atoms with Gasteiger partial charge in [0.25, 0.3) is 5.56 Å². The van der Waals surface area contributed by atoms with Crippen molar-refractivity contribution in [2.24, 2.45) is 0 Å². The minimum atomic E-state index is -1.46. The summed E-state index contributed by atoms with van der Waals surface area (Å²) in [6.45, 7) is 2.28. The second kappa shape index (κ2) is 7.47. The quantitative estimate of drug-likeness (QED) is 0.650. The fraction of sp³-hybridized carbons (Fsp3) is 0.300. The molecule has 1 saturated heterocycles. The number of rotatable bonds is 6. The number of alkyl halides is 1. The highest BCUT2D eigenvalue weighted by Crippen LogP contribution is 2.22. The van der Waals surface area contributed by atoms with Gasteiger partial charge in [-0.15, -0.1) is 0 Å². The Morgan fingerprint density at radius 2 is 1.86 bits per heavy atom. The molecule has 3 heterocycles. The zero-order valence-corrected chi connectivity index (χ0v) is 15.3. The lowest BCUT2D eigenvalue weighted by atomic mass is 10.1. The summed E-state index contributed by atoms with van der Waals surface area (Å²) in [5.74, 6) is 0. The summed E-state index contributed by atoms with van der Waals surface area (Å²) in [4.78, 5) is 20.3. The van der Waals surface area contributed by atoms with Gasteiger partial charge in [0, 0.05) is 24.0 Å². The minimum absolute atomic E-state index is 0.0253. The SMILES string of the molecule is Cc1ccc(Cn2nc(-c3cnc(OCC4(F)COC4)nc3)ccc2=O)cc1. The summed E-state index contributed by atoms with van der Waals surface area (Å²) in [5.41, 5.74) is 1.67. The number of benzene rings is 1. The number of nitrogens with zero attached hydrogens (tertiary/aromatic N) is 4. The molecule has 1 aromatic carbocycles. The van der Waals surface area contributed by atoms with Crippen LogP contribution in [0.3, 0.4) is 0 Å². The number of aryl methyl sites for hydroxylation is 1. The first kappa shape index (κ1) is 18.2. The number of hydrogen-bond donors (Lipinski definition) is 0. The normalized spacial score (nSPS) is 15.1. The van der Waals surface area contributed by atoms with Crippen molar-refractivity contribution in [3.63, 3.8) is 0 Å². The van der Waals surface area contributed by atoms with Gasteiger partial charge in [-0.05, 0) is 18.6 Å². The Balaban J connectivity index is 1.49. The van der Waals surface area contributed by atoms with E-state index in [-0.39, 0.29) is 31.4 Å². The Morgan fingerprint density at radius 3 is 2.50 bits per heavy atom. The molecule has 1 aliphatic heterocycles. The molecule has 0 bridgehead atoms. The van der Waals surface area contributed by atoms with Crippen molar-refractivity contribution < 1.29 is 13.9 Å². The zero-order chi connectivity index (χ0) is 19.6. The largest absolute Gasteiger partial charge is 0.460 e. The lowest BCUT2D eigenvalue weighted by Gasteiger charge is -2.32. The van der Waals surface area contributed by atoms with Crippen LogP contribution in [0.1, 0.15) is 11.1 Å². The lowest BCUT2D eigenvalue weighted by Crippen LogP contribution is -2.50. The first-order chi connectivity index (χ1) is 13.5. The fourth-order valence-electron chi connectivity index (χ4n) is 2.71. The van der Waals surface area contributed by atoms with Gasteiger partial charge in [-0.1, -0.05) is 29.8 Å². The van der Waals surface area contributed by atoms with Crippen molar-refractivity contribution in [1.82, 2.24) is 19.7 Å². The molecule has 0 spiro atoms. The van der Waals surface area contributed by atoms with Crippen LogP contribution in [0, 0.1) is 6.92 Å². The van der Waals surface area contributed by atoms with Crippen LogP contribution in [-0.2, 0) is 11.3 Å². The molecule has 4 rings (SSSR count). The van der Waals surface area contributed by atoms with Crippen LogP contribution in [0.4, 0.5) is 4.39 Å². The molecular formula is C20H19FN4O3. The van der Waals surface area contributed by atoms with Gasteiger partial charge in [0.15, 0.2) is 5.67 Å². The summed E-state index contributed by atoms with van der Waals surface area (Å²) in [5, 5.41) is 4.40. The Hall–Kier alpha value is -3.13. The number of ether oxygens (including phenoxy) is 2. The van der Waals surface area contributed by atoms with Crippen molar-refractivity contribution >= 4 is 0 Å². The second-order valence-electron chi connectivity index (χ2n) is 6.89. The van der Waals surface area contributed by atoms with Crippen molar-refractivity contribution in [3.05, 3.63) is 70.3 Å². The van der Waals surface area contributed by atoms with Crippen molar-refractivity contribution in [3.8, 4) is 17.3 Å².